The van der Waals surface area contributed by atoms with Crippen LogP contribution in [0.1, 0.15) is 25.8 Å². The fraction of sp³-hybridized carbons (Fsp3) is 0.500. The summed E-state index contributed by atoms with van der Waals surface area (Å²) >= 11 is 1.66. The van der Waals surface area contributed by atoms with Gasteiger partial charge in [-0.05, 0) is 0 Å². The second kappa shape index (κ2) is 3.28. The highest BCUT2D eigenvalue weighted by Gasteiger charge is 2.17. The molecule has 0 aliphatic rings. The number of nitrogens with zero attached hydrogens (tertiary/aromatic N) is 1. The molecule has 0 fully saturated rings. The molecule has 2 nitrogen and oxygen atoms in total. The molecule has 0 saturated heterocycles. The van der Waals surface area contributed by atoms with Gasteiger partial charge in [-0.25, -0.2) is 4.98 Å². The van der Waals surface area contributed by atoms with E-state index in [9.17, 15) is 0 Å². The van der Waals surface area contributed by atoms with Gasteiger partial charge in [-0.2, -0.15) is 0 Å². The number of nitrogens with two attached hydrogens (primary N) is 1. The molecular formula is C8H14N2S2. The van der Waals surface area contributed by atoms with Crippen molar-refractivity contribution in [1.82, 2.24) is 4.98 Å². The van der Waals surface area contributed by atoms with Crippen LogP contribution < -0.4 is 5.14 Å². The fourth-order valence-electron chi connectivity index (χ4n) is 0.727. The van der Waals surface area contributed by atoms with Gasteiger partial charge in [-0.1, -0.05) is 37.3 Å². The Kier molecular flexibility index (Phi) is 2.70. The van der Waals surface area contributed by atoms with Gasteiger partial charge in [0.25, 0.3) is 0 Å². The number of rotatable bonds is 1. The zero-order valence-electron chi connectivity index (χ0n) is 7.63. The minimum atomic E-state index is -0.387. The maximum absolute atomic E-state index is 5.66. The molecule has 1 rings (SSSR count). The highest BCUT2D eigenvalue weighted by atomic mass is 32.2. The van der Waals surface area contributed by atoms with E-state index in [1.54, 1.807) is 11.3 Å². The number of hydrogen-bond acceptors (Lipinski definition) is 3. The second-order valence-electron chi connectivity index (χ2n) is 3.66. The van der Waals surface area contributed by atoms with E-state index >= 15 is 0 Å². The zero-order chi connectivity index (χ0) is 9.35. The lowest BCUT2D eigenvalue weighted by Gasteiger charge is -2.13. The van der Waals surface area contributed by atoms with E-state index in [4.69, 9.17) is 5.14 Å². The first-order valence-corrected chi connectivity index (χ1v) is 5.93. The molecule has 0 amide bonds. The molecule has 1 atom stereocenters. The Hall–Kier alpha value is -0.190. The first-order chi connectivity index (χ1) is 5.41. The van der Waals surface area contributed by atoms with Gasteiger partial charge in [0.1, 0.15) is 0 Å². The fourth-order valence-corrected chi connectivity index (χ4v) is 2.29. The summed E-state index contributed by atoms with van der Waals surface area (Å²) < 4.78 is 1.08. The van der Waals surface area contributed by atoms with Crippen molar-refractivity contribution >= 4 is 27.9 Å². The van der Waals surface area contributed by atoms with Gasteiger partial charge in [-0.15, -0.1) is 11.3 Å². The van der Waals surface area contributed by atoms with E-state index in [0.717, 1.165) is 9.22 Å². The molecular weight excluding hydrogens is 188 g/mol. The topological polar surface area (TPSA) is 38.9 Å². The van der Waals surface area contributed by atoms with Crippen molar-refractivity contribution in [3.8, 4) is 0 Å². The predicted molar refractivity (Wildman–Crippen MR) is 58.0 cm³/mol. The summed E-state index contributed by atoms with van der Waals surface area (Å²) in [6, 6.07) is 0. The van der Waals surface area contributed by atoms with Gasteiger partial charge in [0.2, 0.25) is 0 Å². The van der Waals surface area contributed by atoms with Crippen LogP contribution in [0.5, 0.6) is 0 Å². The SMILES string of the molecule is C=S(N)c1cnc(C(C)(C)C)s1. The minimum absolute atomic E-state index is 0.127. The Morgan fingerprint density at radius 1 is 1.58 bits per heavy atom. The predicted octanol–water partition coefficient (Wildman–Crippen LogP) is 2.37. The van der Waals surface area contributed by atoms with Crippen LogP contribution in [-0.4, -0.2) is 10.9 Å². The van der Waals surface area contributed by atoms with Crippen LogP contribution in [0, 0.1) is 0 Å². The lowest BCUT2D eigenvalue weighted by Crippen LogP contribution is -2.09. The largest absolute Gasteiger partial charge is 0.279 e. The molecule has 0 aliphatic carbocycles. The summed E-state index contributed by atoms with van der Waals surface area (Å²) in [5.41, 5.74) is 0.127. The van der Waals surface area contributed by atoms with E-state index < -0.39 is 0 Å². The van der Waals surface area contributed by atoms with E-state index in [1.807, 2.05) is 6.20 Å². The maximum Gasteiger partial charge on any atom is 0.0990 e. The van der Waals surface area contributed by atoms with Crippen LogP contribution >= 0.6 is 22.0 Å². The molecule has 1 heterocycles. The van der Waals surface area contributed by atoms with E-state index in [-0.39, 0.29) is 16.1 Å². The van der Waals surface area contributed by atoms with Gasteiger partial charge in [0, 0.05) is 5.41 Å². The van der Waals surface area contributed by atoms with Gasteiger partial charge in [0.05, 0.1) is 15.4 Å². The molecule has 0 aliphatic heterocycles. The summed E-state index contributed by atoms with van der Waals surface area (Å²) in [4.78, 5) is 4.31. The molecule has 0 spiro atoms. The Labute approximate surface area is 79.9 Å². The zero-order valence-corrected chi connectivity index (χ0v) is 9.26. The highest BCUT2D eigenvalue weighted by Crippen LogP contribution is 2.31. The summed E-state index contributed by atoms with van der Waals surface area (Å²) in [7, 11) is -0.387. The molecule has 12 heavy (non-hydrogen) atoms. The quantitative estimate of drug-likeness (QED) is 0.710. The van der Waals surface area contributed by atoms with Gasteiger partial charge < -0.3 is 0 Å². The maximum atomic E-state index is 5.66. The van der Waals surface area contributed by atoms with Crippen LogP contribution in [0.25, 0.3) is 0 Å². The summed E-state index contributed by atoms with van der Waals surface area (Å²) in [5.74, 6) is 3.78. The number of aromatic nitrogens is 1. The number of thiazole rings is 1. The molecule has 0 bridgehead atoms. The molecule has 1 aromatic heterocycles. The average Bonchev–Trinajstić information content (AvgIpc) is 2.30. The van der Waals surface area contributed by atoms with Crippen molar-refractivity contribution in [2.75, 3.05) is 0 Å². The Morgan fingerprint density at radius 3 is 2.42 bits per heavy atom. The van der Waals surface area contributed by atoms with Crippen molar-refractivity contribution in [3.05, 3.63) is 11.2 Å². The molecule has 0 saturated carbocycles. The summed E-state index contributed by atoms with van der Waals surface area (Å²) in [5, 5.41) is 6.79. The van der Waals surface area contributed by atoms with Crippen LogP contribution in [0.3, 0.4) is 0 Å². The van der Waals surface area contributed by atoms with E-state index in [0.29, 0.717) is 0 Å². The summed E-state index contributed by atoms with van der Waals surface area (Å²) in [6.45, 7) is 6.44. The van der Waals surface area contributed by atoms with Crippen molar-refractivity contribution < 1.29 is 0 Å². The van der Waals surface area contributed by atoms with Crippen molar-refractivity contribution in [1.29, 1.82) is 0 Å². The van der Waals surface area contributed by atoms with Crippen LogP contribution in [0.4, 0.5) is 0 Å². The van der Waals surface area contributed by atoms with Gasteiger partial charge in [-0.3, -0.25) is 5.14 Å². The minimum Gasteiger partial charge on any atom is -0.279 e. The third-order valence-electron chi connectivity index (χ3n) is 1.38. The molecule has 1 aromatic rings. The first-order valence-electron chi connectivity index (χ1n) is 3.66. The smallest absolute Gasteiger partial charge is 0.0990 e. The van der Waals surface area contributed by atoms with Crippen molar-refractivity contribution in [2.45, 2.75) is 30.4 Å². The Bertz CT molecular complexity index is 296. The average molecular weight is 202 g/mol. The molecule has 4 heteroatoms. The number of hydrogen-bond donors (Lipinski definition) is 1. The third kappa shape index (κ3) is 2.15. The van der Waals surface area contributed by atoms with Gasteiger partial charge in [0.15, 0.2) is 0 Å². The third-order valence-corrected chi connectivity index (χ3v) is 4.12. The second-order valence-corrected chi connectivity index (χ2v) is 6.25. The van der Waals surface area contributed by atoms with Crippen LogP contribution in [0.2, 0.25) is 0 Å². The normalized spacial score (nSPS) is 14.7. The van der Waals surface area contributed by atoms with E-state index in [2.05, 4.69) is 31.6 Å². The van der Waals surface area contributed by atoms with Crippen LogP contribution in [-0.2, 0) is 5.41 Å². The monoisotopic (exact) mass is 202 g/mol. The van der Waals surface area contributed by atoms with Crippen molar-refractivity contribution in [3.63, 3.8) is 0 Å². The molecule has 2 N–H and O–H groups in total. The van der Waals surface area contributed by atoms with Gasteiger partial charge >= 0.3 is 0 Å². The molecule has 0 radical (unpaired) electrons. The Morgan fingerprint density at radius 2 is 2.17 bits per heavy atom. The van der Waals surface area contributed by atoms with E-state index in [1.165, 1.54) is 0 Å². The van der Waals surface area contributed by atoms with Crippen molar-refractivity contribution in [2.24, 2.45) is 5.14 Å². The Balaban J connectivity index is 3.00. The molecule has 1 unspecified atom stereocenters. The highest BCUT2D eigenvalue weighted by molar-refractivity contribution is 8.13. The summed E-state index contributed by atoms with van der Waals surface area (Å²) in [6.07, 6.45) is 1.83. The van der Waals surface area contributed by atoms with Crippen LogP contribution in [0.15, 0.2) is 10.4 Å². The first kappa shape index (κ1) is 9.89. The standard InChI is InChI=1S/C8H14N2S2/c1-8(2,3)7-10-5-6(11-7)12(4)9/h5H,4,9H2,1-3H3. The molecule has 0 aromatic carbocycles. The lowest BCUT2D eigenvalue weighted by molar-refractivity contribution is 0.585. The molecule has 68 valence electrons. The lowest BCUT2D eigenvalue weighted by atomic mass is 9.98.